The monoisotopic (exact) mass is 172 g/mol. The van der Waals surface area contributed by atoms with E-state index in [1.54, 1.807) is 6.08 Å². The summed E-state index contributed by atoms with van der Waals surface area (Å²) in [5.41, 5.74) is 0. The molecule has 1 unspecified atom stereocenters. The molecule has 0 aromatic heterocycles. The molecule has 0 aliphatic carbocycles. The van der Waals surface area contributed by atoms with E-state index in [2.05, 4.69) is 0 Å². The minimum absolute atomic E-state index is 0.355. The molecule has 0 radical (unpaired) electrons. The van der Waals surface area contributed by atoms with Crippen LogP contribution in [0.2, 0.25) is 0 Å². The van der Waals surface area contributed by atoms with Crippen LogP contribution < -0.4 is 0 Å². The van der Waals surface area contributed by atoms with Crippen LogP contribution in [0.5, 0.6) is 0 Å². The number of rotatable bonds is 5. The summed E-state index contributed by atoms with van der Waals surface area (Å²) in [7, 11) is 0. The van der Waals surface area contributed by atoms with Gasteiger partial charge in [0.15, 0.2) is 0 Å². The summed E-state index contributed by atoms with van der Waals surface area (Å²) in [4.78, 5) is 20.6. The van der Waals surface area contributed by atoms with Gasteiger partial charge in [-0.25, -0.2) is 0 Å². The predicted octanol–water partition coefficient (Wildman–Crippen LogP) is 1.13. The maximum Gasteiger partial charge on any atom is 0.310 e. The van der Waals surface area contributed by atoms with Crippen molar-refractivity contribution < 1.29 is 19.8 Å². The van der Waals surface area contributed by atoms with Crippen molar-refractivity contribution in [1.82, 2.24) is 0 Å². The maximum atomic E-state index is 10.4. The second kappa shape index (κ2) is 5.35. The summed E-state index contributed by atoms with van der Waals surface area (Å²) < 4.78 is 0. The molecule has 0 aliphatic heterocycles. The van der Waals surface area contributed by atoms with Crippen molar-refractivity contribution in [3.05, 3.63) is 12.2 Å². The van der Waals surface area contributed by atoms with E-state index >= 15 is 0 Å². The molecule has 0 aromatic carbocycles. The number of hydrogen-bond acceptors (Lipinski definition) is 2. The van der Waals surface area contributed by atoms with E-state index in [-0.39, 0.29) is 6.42 Å². The number of carboxylic acids is 2. The molecule has 0 rings (SSSR count). The molecule has 0 heterocycles. The Kier molecular flexibility index (Phi) is 4.76. The molecule has 0 fully saturated rings. The lowest BCUT2D eigenvalue weighted by atomic mass is 10.1. The van der Waals surface area contributed by atoms with E-state index in [9.17, 15) is 9.59 Å². The van der Waals surface area contributed by atoms with Gasteiger partial charge in [-0.2, -0.15) is 0 Å². The highest BCUT2D eigenvalue weighted by Gasteiger charge is 2.16. The molecule has 0 saturated heterocycles. The average Bonchev–Trinajstić information content (AvgIpc) is 1.96. The number of aliphatic carboxylic acids is 2. The number of carboxylic acid groups (broad SMARTS) is 2. The van der Waals surface area contributed by atoms with Crippen molar-refractivity contribution >= 4 is 11.9 Å². The second-order valence-electron chi connectivity index (χ2n) is 2.38. The first-order valence-corrected chi connectivity index (χ1v) is 3.69. The second-order valence-corrected chi connectivity index (χ2v) is 2.38. The Morgan fingerprint density at radius 3 is 2.33 bits per heavy atom. The van der Waals surface area contributed by atoms with E-state index in [4.69, 9.17) is 10.2 Å². The highest BCUT2D eigenvalue weighted by Crippen LogP contribution is 2.05. The fourth-order valence-electron chi connectivity index (χ4n) is 0.726. The number of allylic oxidation sites excluding steroid dienone is 1. The quantitative estimate of drug-likeness (QED) is 0.609. The van der Waals surface area contributed by atoms with E-state index in [1.165, 1.54) is 6.08 Å². The van der Waals surface area contributed by atoms with E-state index in [1.807, 2.05) is 6.92 Å². The van der Waals surface area contributed by atoms with Gasteiger partial charge in [-0.15, -0.1) is 0 Å². The third-order valence-electron chi connectivity index (χ3n) is 1.32. The van der Waals surface area contributed by atoms with Crippen molar-refractivity contribution in [1.29, 1.82) is 0 Å². The molecular weight excluding hydrogens is 160 g/mol. The smallest absolute Gasteiger partial charge is 0.310 e. The highest BCUT2D eigenvalue weighted by atomic mass is 16.4. The lowest BCUT2D eigenvalue weighted by Gasteiger charge is -2.02. The Morgan fingerprint density at radius 1 is 1.42 bits per heavy atom. The Morgan fingerprint density at radius 2 is 2.00 bits per heavy atom. The Balaban J connectivity index is 4.14. The number of hydrogen-bond donors (Lipinski definition) is 2. The Bertz CT molecular complexity index is 195. The zero-order valence-electron chi connectivity index (χ0n) is 6.86. The predicted molar refractivity (Wildman–Crippen MR) is 42.8 cm³/mol. The lowest BCUT2D eigenvalue weighted by Crippen LogP contribution is -2.15. The topological polar surface area (TPSA) is 74.6 Å². The van der Waals surface area contributed by atoms with E-state index < -0.39 is 17.9 Å². The van der Waals surface area contributed by atoms with Crippen LogP contribution in [0.15, 0.2) is 12.2 Å². The fraction of sp³-hybridized carbons (Fsp3) is 0.500. The minimum atomic E-state index is -1.10. The van der Waals surface area contributed by atoms with Crippen molar-refractivity contribution in [2.45, 2.75) is 19.8 Å². The summed E-state index contributed by atoms with van der Waals surface area (Å²) in [6.07, 6.45) is 3.42. The Labute approximate surface area is 70.5 Å². The summed E-state index contributed by atoms with van der Waals surface area (Å²) in [5.74, 6) is -3.09. The van der Waals surface area contributed by atoms with Gasteiger partial charge in [0.25, 0.3) is 0 Å². The van der Waals surface area contributed by atoms with E-state index in [0.29, 0.717) is 6.42 Å². The fourth-order valence-corrected chi connectivity index (χ4v) is 0.726. The lowest BCUT2D eigenvalue weighted by molar-refractivity contribution is -0.146. The van der Waals surface area contributed by atoms with Gasteiger partial charge in [0.2, 0.25) is 0 Å². The Hall–Kier alpha value is -1.32. The van der Waals surface area contributed by atoms with Gasteiger partial charge in [-0.05, 0) is 6.42 Å². The molecule has 68 valence electrons. The number of carbonyl (C=O) groups is 2. The van der Waals surface area contributed by atoms with Crippen LogP contribution in [-0.2, 0) is 9.59 Å². The summed E-state index contributed by atoms with van der Waals surface area (Å²) in [6, 6.07) is 0. The van der Waals surface area contributed by atoms with Crippen LogP contribution in [-0.4, -0.2) is 22.2 Å². The maximum absolute atomic E-state index is 10.4. The summed E-state index contributed by atoms with van der Waals surface area (Å²) in [6.45, 7) is 1.86. The van der Waals surface area contributed by atoms with Gasteiger partial charge >= 0.3 is 11.9 Å². The van der Waals surface area contributed by atoms with Crippen molar-refractivity contribution in [2.24, 2.45) is 5.92 Å². The first-order valence-electron chi connectivity index (χ1n) is 3.69. The third kappa shape index (κ3) is 4.49. The molecule has 4 heteroatoms. The van der Waals surface area contributed by atoms with Crippen molar-refractivity contribution in [3.8, 4) is 0 Å². The molecule has 0 amide bonds. The summed E-state index contributed by atoms with van der Waals surface area (Å²) in [5, 5.41) is 16.9. The zero-order chi connectivity index (χ0) is 9.56. The highest BCUT2D eigenvalue weighted by molar-refractivity contribution is 5.79. The first-order chi connectivity index (χ1) is 5.57. The summed E-state index contributed by atoms with van der Waals surface area (Å²) >= 11 is 0. The molecule has 1 atom stereocenters. The van der Waals surface area contributed by atoms with Crippen LogP contribution in [0, 0.1) is 5.92 Å². The van der Waals surface area contributed by atoms with Gasteiger partial charge in [0.1, 0.15) is 0 Å². The van der Waals surface area contributed by atoms with Crippen molar-refractivity contribution in [2.75, 3.05) is 0 Å². The van der Waals surface area contributed by atoms with Crippen LogP contribution >= 0.6 is 0 Å². The van der Waals surface area contributed by atoms with Crippen LogP contribution in [0.3, 0.4) is 0 Å². The van der Waals surface area contributed by atoms with Gasteiger partial charge in [0, 0.05) is 0 Å². The standard InChI is InChI=1S/C8H12O4/c1-2-3-4-6(8(11)12)5-7(9)10/h3-4,6H,2,5H2,1H3,(H,9,10)(H,11,12)/b4-3+. The molecule has 0 spiro atoms. The van der Waals surface area contributed by atoms with Gasteiger partial charge in [0.05, 0.1) is 12.3 Å². The zero-order valence-corrected chi connectivity index (χ0v) is 6.86. The molecule has 12 heavy (non-hydrogen) atoms. The van der Waals surface area contributed by atoms with Gasteiger partial charge < -0.3 is 10.2 Å². The van der Waals surface area contributed by atoms with Crippen LogP contribution in [0.1, 0.15) is 19.8 Å². The molecular formula is C8H12O4. The average molecular weight is 172 g/mol. The molecule has 0 saturated carbocycles. The minimum Gasteiger partial charge on any atom is -0.481 e. The molecule has 0 aliphatic rings. The van der Waals surface area contributed by atoms with Gasteiger partial charge in [-0.1, -0.05) is 19.1 Å². The third-order valence-corrected chi connectivity index (χ3v) is 1.32. The van der Waals surface area contributed by atoms with E-state index in [0.717, 1.165) is 0 Å². The largest absolute Gasteiger partial charge is 0.481 e. The van der Waals surface area contributed by atoms with Crippen molar-refractivity contribution in [3.63, 3.8) is 0 Å². The molecule has 2 N–H and O–H groups in total. The molecule has 0 aromatic rings. The first kappa shape index (κ1) is 10.7. The molecule has 0 bridgehead atoms. The van der Waals surface area contributed by atoms with Crippen LogP contribution in [0.25, 0.3) is 0 Å². The van der Waals surface area contributed by atoms with Crippen LogP contribution in [0.4, 0.5) is 0 Å². The SMILES string of the molecule is CC/C=C/C(CC(=O)O)C(=O)O. The normalized spacial score (nSPS) is 13.1. The molecule has 4 nitrogen and oxygen atoms in total. The van der Waals surface area contributed by atoms with Gasteiger partial charge in [-0.3, -0.25) is 9.59 Å².